The largest absolute Gasteiger partial charge is 0.493 e. The summed E-state index contributed by atoms with van der Waals surface area (Å²) in [5.74, 6) is 0.531. The number of carbonyl (C=O) groups excluding carboxylic acids is 1. The van der Waals surface area contributed by atoms with Crippen LogP contribution in [0, 0.1) is 10.1 Å². The molecule has 0 spiro atoms. The number of anilines is 1. The third-order valence-corrected chi connectivity index (χ3v) is 2.99. The van der Waals surface area contributed by atoms with E-state index in [0.29, 0.717) is 18.8 Å². The Hall–Kier alpha value is -2.51. The lowest BCUT2D eigenvalue weighted by Gasteiger charge is -2.19. The number of amides is 2. The number of carbonyl (C=O) groups is 1. The van der Waals surface area contributed by atoms with Crippen LogP contribution < -0.4 is 14.8 Å². The fourth-order valence-corrected chi connectivity index (χ4v) is 1.82. The number of benzene rings is 1. The molecule has 0 radical (unpaired) electrons. The lowest BCUT2D eigenvalue weighted by atomic mass is 10.2. The Bertz CT molecular complexity index is 529. The Labute approximate surface area is 122 Å². The molecular formula is C13H19N3O5. The van der Waals surface area contributed by atoms with E-state index in [-0.39, 0.29) is 17.1 Å². The summed E-state index contributed by atoms with van der Waals surface area (Å²) in [6.07, 6.45) is 0. The standard InChI is InChI=1S/C13H19N3O5/c1-5-15(6-2)13(17)14-9-7-11(20-3)12(21-4)8-10(9)16(18)19/h7-8H,5-6H2,1-4H3,(H,14,17). The average Bonchev–Trinajstić information content (AvgIpc) is 2.47. The molecule has 0 unspecified atom stereocenters. The number of hydrogen-bond acceptors (Lipinski definition) is 5. The van der Waals surface area contributed by atoms with E-state index in [4.69, 9.17) is 9.47 Å². The Kier molecular flexibility index (Phi) is 5.77. The number of nitro groups is 1. The van der Waals surface area contributed by atoms with Gasteiger partial charge in [0, 0.05) is 19.2 Å². The Balaban J connectivity index is 3.21. The van der Waals surface area contributed by atoms with Crippen molar-refractivity contribution in [3.05, 3.63) is 22.2 Å². The summed E-state index contributed by atoms with van der Waals surface area (Å²) in [5.41, 5.74) is -0.192. The minimum absolute atomic E-state index is 0.0644. The molecule has 0 bridgehead atoms. The highest BCUT2D eigenvalue weighted by molar-refractivity contribution is 5.92. The molecule has 1 rings (SSSR count). The molecule has 1 aromatic rings. The maximum absolute atomic E-state index is 12.0. The third-order valence-electron chi connectivity index (χ3n) is 2.99. The van der Waals surface area contributed by atoms with Crippen molar-refractivity contribution in [3.63, 3.8) is 0 Å². The summed E-state index contributed by atoms with van der Waals surface area (Å²) in [6, 6.07) is 2.19. The first-order chi connectivity index (χ1) is 9.98. The van der Waals surface area contributed by atoms with Gasteiger partial charge in [0.2, 0.25) is 0 Å². The fourth-order valence-electron chi connectivity index (χ4n) is 1.82. The minimum Gasteiger partial charge on any atom is -0.493 e. The van der Waals surface area contributed by atoms with Crippen molar-refractivity contribution < 1.29 is 19.2 Å². The number of nitrogens with one attached hydrogen (secondary N) is 1. The molecule has 8 nitrogen and oxygen atoms in total. The lowest BCUT2D eigenvalue weighted by Crippen LogP contribution is -2.34. The van der Waals surface area contributed by atoms with Crippen molar-refractivity contribution in [2.75, 3.05) is 32.6 Å². The first-order valence-electron chi connectivity index (χ1n) is 6.44. The number of nitrogens with zero attached hydrogens (tertiary/aromatic N) is 2. The van der Waals surface area contributed by atoms with E-state index in [1.165, 1.54) is 31.3 Å². The van der Waals surface area contributed by atoms with Crippen LogP contribution in [0.5, 0.6) is 11.5 Å². The van der Waals surface area contributed by atoms with Gasteiger partial charge in [0.15, 0.2) is 11.5 Å². The Morgan fingerprint density at radius 3 is 2.19 bits per heavy atom. The summed E-state index contributed by atoms with van der Waals surface area (Å²) in [4.78, 5) is 24.1. The molecule has 0 aliphatic heterocycles. The van der Waals surface area contributed by atoms with Crippen LogP contribution in [0.1, 0.15) is 13.8 Å². The van der Waals surface area contributed by atoms with Gasteiger partial charge in [-0.25, -0.2) is 4.79 Å². The van der Waals surface area contributed by atoms with Gasteiger partial charge in [0.1, 0.15) is 5.69 Å². The van der Waals surface area contributed by atoms with Crippen molar-refractivity contribution >= 4 is 17.4 Å². The third kappa shape index (κ3) is 3.74. The Morgan fingerprint density at radius 1 is 1.24 bits per heavy atom. The SMILES string of the molecule is CCN(CC)C(=O)Nc1cc(OC)c(OC)cc1[N+](=O)[O-]. The maximum atomic E-state index is 12.0. The quantitative estimate of drug-likeness (QED) is 0.643. The van der Waals surface area contributed by atoms with E-state index in [2.05, 4.69) is 5.32 Å². The zero-order chi connectivity index (χ0) is 16.0. The summed E-state index contributed by atoms with van der Waals surface area (Å²) >= 11 is 0. The second-order valence-corrected chi connectivity index (χ2v) is 4.08. The average molecular weight is 297 g/mol. The predicted octanol–water partition coefficient (Wildman–Crippen LogP) is 2.49. The van der Waals surface area contributed by atoms with Crippen LogP contribution in [-0.4, -0.2) is 43.2 Å². The molecular weight excluding hydrogens is 278 g/mol. The normalized spacial score (nSPS) is 9.90. The minimum atomic E-state index is -0.584. The number of methoxy groups -OCH3 is 2. The summed E-state index contributed by atoms with van der Waals surface area (Å²) in [6.45, 7) is 4.66. The van der Waals surface area contributed by atoms with E-state index < -0.39 is 11.0 Å². The van der Waals surface area contributed by atoms with Gasteiger partial charge >= 0.3 is 6.03 Å². The zero-order valence-electron chi connectivity index (χ0n) is 12.5. The topological polar surface area (TPSA) is 93.9 Å². The lowest BCUT2D eigenvalue weighted by molar-refractivity contribution is -0.384. The highest BCUT2D eigenvalue weighted by atomic mass is 16.6. The summed E-state index contributed by atoms with van der Waals surface area (Å²) in [7, 11) is 2.80. The highest BCUT2D eigenvalue weighted by Crippen LogP contribution is 2.37. The fraction of sp³-hybridized carbons (Fsp3) is 0.462. The van der Waals surface area contributed by atoms with Crippen LogP contribution in [-0.2, 0) is 0 Å². The van der Waals surface area contributed by atoms with Crippen LogP contribution in [0.15, 0.2) is 12.1 Å². The molecule has 1 N–H and O–H groups in total. The molecule has 0 saturated carbocycles. The molecule has 0 atom stereocenters. The van der Waals surface area contributed by atoms with E-state index >= 15 is 0 Å². The van der Waals surface area contributed by atoms with E-state index in [9.17, 15) is 14.9 Å². The van der Waals surface area contributed by atoms with Crippen molar-refractivity contribution in [2.45, 2.75) is 13.8 Å². The number of rotatable bonds is 6. The molecule has 0 aliphatic rings. The second kappa shape index (κ2) is 7.32. The molecule has 116 valence electrons. The molecule has 0 heterocycles. The number of nitro benzene ring substituents is 1. The number of ether oxygens (including phenoxy) is 2. The van der Waals surface area contributed by atoms with Crippen molar-refractivity contribution in [2.24, 2.45) is 0 Å². The van der Waals surface area contributed by atoms with Gasteiger partial charge in [-0.15, -0.1) is 0 Å². The molecule has 0 aliphatic carbocycles. The predicted molar refractivity (Wildman–Crippen MR) is 78.1 cm³/mol. The van der Waals surface area contributed by atoms with Gasteiger partial charge in [-0.05, 0) is 13.8 Å². The zero-order valence-corrected chi connectivity index (χ0v) is 12.5. The maximum Gasteiger partial charge on any atom is 0.322 e. The van der Waals surface area contributed by atoms with Crippen LogP contribution in [0.3, 0.4) is 0 Å². The van der Waals surface area contributed by atoms with Gasteiger partial charge in [-0.1, -0.05) is 0 Å². The highest BCUT2D eigenvalue weighted by Gasteiger charge is 2.22. The molecule has 21 heavy (non-hydrogen) atoms. The Morgan fingerprint density at radius 2 is 1.76 bits per heavy atom. The molecule has 0 aromatic heterocycles. The molecule has 8 heteroatoms. The van der Waals surface area contributed by atoms with Gasteiger partial charge in [-0.3, -0.25) is 10.1 Å². The molecule has 0 saturated heterocycles. The van der Waals surface area contributed by atoms with Gasteiger partial charge in [0.25, 0.3) is 5.69 Å². The number of hydrogen-bond donors (Lipinski definition) is 1. The molecule has 2 amide bonds. The van der Waals surface area contributed by atoms with Crippen molar-refractivity contribution in [1.82, 2.24) is 4.90 Å². The van der Waals surface area contributed by atoms with Crippen LogP contribution in [0.25, 0.3) is 0 Å². The first-order valence-corrected chi connectivity index (χ1v) is 6.44. The van der Waals surface area contributed by atoms with Gasteiger partial charge in [0.05, 0.1) is 25.2 Å². The van der Waals surface area contributed by atoms with E-state index in [1.54, 1.807) is 0 Å². The smallest absolute Gasteiger partial charge is 0.322 e. The first kappa shape index (κ1) is 16.5. The molecule has 1 aromatic carbocycles. The van der Waals surface area contributed by atoms with Gasteiger partial charge in [-0.2, -0.15) is 0 Å². The van der Waals surface area contributed by atoms with Crippen LogP contribution in [0.2, 0.25) is 0 Å². The second-order valence-electron chi connectivity index (χ2n) is 4.08. The van der Waals surface area contributed by atoms with Crippen LogP contribution in [0.4, 0.5) is 16.2 Å². The molecule has 0 fully saturated rings. The summed E-state index contributed by atoms with van der Waals surface area (Å²) in [5, 5.41) is 13.7. The van der Waals surface area contributed by atoms with E-state index in [0.717, 1.165) is 0 Å². The van der Waals surface area contributed by atoms with Gasteiger partial charge < -0.3 is 19.7 Å². The summed E-state index contributed by atoms with van der Waals surface area (Å²) < 4.78 is 10.1. The monoisotopic (exact) mass is 297 g/mol. The van der Waals surface area contributed by atoms with Crippen LogP contribution >= 0.6 is 0 Å². The number of urea groups is 1. The van der Waals surface area contributed by atoms with Crippen molar-refractivity contribution in [3.8, 4) is 11.5 Å². The van der Waals surface area contributed by atoms with Crippen molar-refractivity contribution in [1.29, 1.82) is 0 Å². The van der Waals surface area contributed by atoms with E-state index in [1.807, 2.05) is 13.8 Å².